The fourth-order valence-electron chi connectivity index (χ4n) is 3.32. The Morgan fingerprint density at radius 3 is 1.75 bits per heavy atom. The third-order valence-electron chi connectivity index (χ3n) is 5.63. The van der Waals surface area contributed by atoms with Gasteiger partial charge in [-0.25, -0.2) is 0 Å². The molecular formula is C24H41O3P. The van der Waals surface area contributed by atoms with Gasteiger partial charge in [0.1, 0.15) is 0 Å². The lowest BCUT2D eigenvalue weighted by Gasteiger charge is -2.26. The largest absolute Gasteiger partial charge is 0.335 e. The van der Waals surface area contributed by atoms with Crippen LogP contribution in [0, 0.1) is 0 Å². The van der Waals surface area contributed by atoms with E-state index in [2.05, 4.69) is 19.1 Å². The molecule has 0 amide bonds. The summed E-state index contributed by atoms with van der Waals surface area (Å²) in [5.41, 5.74) is 1.75. The smallest absolute Gasteiger partial charge is 0.324 e. The van der Waals surface area contributed by atoms with Crippen molar-refractivity contribution in [2.24, 2.45) is 0 Å². The number of allylic oxidation sites excluding steroid dienone is 1. The standard InChI is InChI=1S/C24H41O3P/c1-4-5-6-7-8-9-10-11-12-13-14-15-16-17-22-18-20-23(21-19-22)24(2,3)28(25,26)27/h16-21H,4-15H2,1-3H3,(H2,25,26,27). The van der Waals surface area contributed by atoms with Crippen molar-refractivity contribution >= 4 is 13.7 Å². The van der Waals surface area contributed by atoms with Crippen LogP contribution in [0.3, 0.4) is 0 Å². The van der Waals surface area contributed by atoms with Crippen LogP contribution in [0.5, 0.6) is 0 Å². The average molecular weight is 409 g/mol. The molecule has 0 unspecified atom stereocenters. The minimum absolute atomic E-state index is 0.670. The molecule has 160 valence electrons. The van der Waals surface area contributed by atoms with E-state index in [0.29, 0.717) is 5.56 Å². The fourth-order valence-corrected chi connectivity index (χ4v) is 3.80. The molecule has 2 N–H and O–H groups in total. The van der Waals surface area contributed by atoms with Gasteiger partial charge in [0, 0.05) is 0 Å². The molecule has 0 aliphatic rings. The van der Waals surface area contributed by atoms with E-state index < -0.39 is 12.8 Å². The van der Waals surface area contributed by atoms with Crippen LogP contribution in [0.25, 0.3) is 6.08 Å². The lowest BCUT2D eigenvalue weighted by molar-refractivity contribution is 0.338. The van der Waals surface area contributed by atoms with Gasteiger partial charge in [0.2, 0.25) is 0 Å². The first-order chi connectivity index (χ1) is 13.3. The normalized spacial score (nSPS) is 12.8. The lowest BCUT2D eigenvalue weighted by atomic mass is 10.0. The lowest BCUT2D eigenvalue weighted by Crippen LogP contribution is -2.17. The highest BCUT2D eigenvalue weighted by molar-refractivity contribution is 7.53. The topological polar surface area (TPSA) is 57.5 Å². The molecule has 0 heterocycles. The summed E-state index contributed by atoms with van der Waals surface area (Å²) in [6, 6.07) is 7.51. The van der Waals surface area contributed by atoms with Crippen molar-refractivity contribution in [3.63, 3.8) is 0 Å². The molecule has 0 aromatic heterocycles. The molecule has 3 nitrogen and oxygen atoms in total. The molecule has 0 aliphatic heterocycles. The van der Waals surface area contributed by atoms with Crippen molar-refractivity contribution in [2.45, 2.75) is 103 Å². The monoisotopic (exact) mass is 408 g/mol. The maximum absolute atomic E-state index is 11.6. The first kappa shape index (κ1) is 25.1. The maximum atomic E-state index is 11.6. The molecule has 0 saturated carbocycles. The summed E-state index contributed by atoms with van der Waals surface area (Å²) in [5, 5.41) is -1.15. The summed E-state index contributed by atoms with van der Waals surface area (Å²) in [5.74, 6) is 0. The van der Waals surface area contributed by atoms with E-state index in [-0.39, 0.29) is 0 Å². The van der Waals surface area contributed by atoms with Crippen LogP contribution in [-0.2, 0) is 9.72 Å². The first-order valence-corrected chi connectivity index (χ1v) is 12.7. The van der Waals surface area contributed by atoms with Crippen LogP contribution in [0.15, 0.2) is 30.3 Å². The van der Waals surface area contributed by atoms with E-state index in [4.69, 9.17) is 0 Å². The molecule has 0 atom stereocenters. The second-order valence-electron chi connectivity index (χ2n) is 8.45. The van der Waals surface area contributed by atoms with Crippen molar-refractivity contribution in [3.8, 4) is 0 Å². The zero-order valence-corrected chi connectivity index (χ0v) is 19.1. The van der Waals surface area contributed by atoms with Crippen molar-refractivity contribution in [2.75, 3.05) is 0 Å². The first-order valence-electron chi connectivity index (χ1n) is 11.1. The third kappa shape index (κ3) is 9.54. The summed E-state index contributed by atoms with van der Waals surface area (Å²) in [4.78, 5) is 19.0. The molecule has 0 aliphatic carbocycles. The Kier molecular flexibility index (Phi) is 12.0. The number of unbranched alkanes of at least 4 members (excludes halogenated alkanes) is 11. The molecule has 0 spiro atoms. The second-order valence-corrected chi connectivity index (χ2v) is 10.7. The summed E-state index contributed by atoms with van der Waals surface area (Å²) >= 11 is 0. The average Bonchev–Trinajstić information content (AvgIpc) is 2.65. The van der Waals surface area contributed by atoms with Gasteiger partial charge in [-0.2, -0.15) is 0 Å². The van der Waals surface area contributed by atoms with E-state index >= 15 is 0 Å². The van der Waals surface area contributed by atoms with E-state index in [1.54, 1.807) is 13.8 Å². The summed E-state index contributed by atoms with van der Waals surface area (Å²) in [6.45, 7) is 5.44. The Hall–Kier alpha value is -0.890. The van der Waals surface area contributed by atoms with Gasteiger partial charge in [0.05, 0.1) is 5.16 Å². The van der Waals surface area contributed by atoms with Crippen molar-refractivity contribution in [1.82, 2.24) is 0 Å². The molecule has 4 heteroatoms. The van der Waals surface area contributed by atoms with E-state index in [1.807, 2.05) is 24.3 Å². The zero-order valence-electron chi connectivity index (χ0n) is 18.2. The van der Waals surface area contributed by atoms with Gasteiger partial charge in [-0.1, -0.05) is 108 Å². The van der Waals surface area contributed by atoms with Crippen LogP contribution < -0.4 is 0 Å². The van der Waals surface area contributed by atoms with Crippen LogP contribution in [-0.4, -0.2) is 9.79 Å². The summed E-state index contributed by atoms with van der Waals surface area (Å²) < 4.78 is 11.6. The molecule has 1 aromatic rings. The van der Waals surface area contributed by atoms with Gasteiger partial charge in [-0.15, -0.1) is 0 Å². The van der Waals surface area contributed by atoms with Gasteiger partial charge >= 0.3 is 7.60 Å². The number of rotatable bonds is 15. The Morgan fingerprint density at radius 1 is 0.821 bits per heavy atom. The summed E-state index contributed by atoms with van der Waals surface area (Å²) in [7, 11) is -4.17. The number of benzene rings is 1. The zero-order chi connectivity index (χ0) is 20.9. The molecular weight excluding hydrogens is 367 g/mol. The van der Waals surface area contributed by atoms with Crippen molar-refractivity contribution < 1.29 is 14.4 Å². The summed E-state index contributed by atoms with van der Waals surface area (Å²) in [6.07, 6.45) is 20.4. The van der Waals surface area contributed by atoms with Gasteiger partial charge in [-0.3, -0.25) is 4.57 Å². The van der Waals surface area contributed by atoms with Gasteiger partial charge in [-0.05, 0) is 37.8 Å². The van der Waals surface area contributed by atoms with E-state index in [1.165, 1.54) is 70.6 Å². The molecule has 28 heavy (non-hydrogen) atoms. The van der Waals surface area contributed by atoms with Crippen molar-refractivity contribution in [3.05, 3.63) is 41.5 Å². The van der Waals surface area contributed by atoms with Crippen LogP contribution in [0.4, 0.5) is 0 Å². The third-order valence-corrected chi connectivity index (χ3v) is 7.34. The number of hydrogen-bond donors (Lipinski definition) is 2. The minimum atomic E-state index is -4.17. The highest BCUT2D eigenvalue weighted by Gasteiger charge is 2.39. The molecule has 1 rings (SSSR count). The quantitative estimate of drug-likeness (QED) is 0.230. The molecule has 0 radical (unpaired) electrons. The Balaban J connectivity index is 2.16. The van der Waals surface area contributed by atoms with Crippen LogP contribution >= 0.6 is 7.60 Å². The minimum Gasteiger partial charge on any atom is -0.324 e. The number of hydrogen-bond acceptors (Lipinski definition) is 1. The molecule has 1 aromatic carbocycles. The molecule has 0 saturated heterocycles. The maximum Gasteiger partial charge on any atom is 0.335 e. The van der Waals surface area contributed by atoms with Crippen molar-refractivity contribution in [1.29, 1.82) is 0 Å². The SMILES string of the molecule is CCCCCCCCCCCCCC=Cc1ccc(C(C)(C)P(=O)(O)O)cc1. The Morgan fingerprint density at radius 2 is 1.29 bits per heavy atom. The Bertz CT molecular complexity index is 599. The second kappa shape index (κ2) is 13.4. The highest BCUT2D eigenvalue weighted by atomic mass is 31.2. The van der Waals surface area contributed by atoms with E-state index in [9.17, 15) is 14.4 Å². The van der Waals surface area contributed by atoms with Crippen LogP contribution in [0.2, 0.25) is 0 Å². The highest BCUT2D eigenvalue weighted by Crippen LogP contribution is 2.56. The van der Waals surface area contributed by atoms with Gasteiger partial charge < -0.3 is 9.79 Å². The molecule has 0 bridgehead atoms. The predicted octanol–water partition coefficient (Wildman–Crippen LogP) is 7.81. The Labute approximate surface area is 172 Å². The van der Waals surface area contributed by atoms with Gasteiger partial charge in [0.25, 0.3) is 0 Å². The molecule has 0 fully saturated rings. The fraction of sp³-hybridized carbons (Fsp3) is 0.667. The predicted molar refractivity (Wildman–Crippen MR) is 122 cm³/mol. The van der Waals surface area contributed by atoms with Gasteiger partial charge in [0.15, 0.2) is 0 Å². The van der Waals surface area contributed by atoms with Crippen LogP contribution in [0.1, 0.15) is 109 Å². The van der Waals surface area contributed by atoms with E-state index in [0.717, 1.165) is 12.0 Å².